The third kappa shape index (κ3) is 24.8. The molecule has 432 valence electrons. The molecule has 0 aromatic rings. The van der Waals surface area contributed by atoms with Crippen molar-refractivity contribution in [2.45, 2.75) is 95.3 Å². The standard InChI is InChI=1S/3C10H17N2O11P2.3Na/c3*1-5-3-12(10(15)11-9(5)14)8-2-6(13)7(22-8)4-21-25(19,20)23-24(16,17)18;;;/h3*5-8H,2-4H2,1H3,(H,19,20)(H,11,14,15)(H2,16,17,18);;;/q3*-1;3*+1/t3*5?,6-,7+,8+;;;/m000.../s1. The molecule has 0 aromatic carbocycles. The van der Waals surface area contributed by atoms with Crippen molar-refractivity contribution in [3.05, 3.63) is 0 Å². The minimum atomic E-state index is -5.27. The van der Waals surface area contributed by atoms with Gasteiger partial charge in [-0.25, -0.2) is 41.8 Å². The molecule has 9 amide bonds. The van der Waals surface area contributed by atoms with Crippen molar-refractivity contribution < 1.29 is 245 Å². The molecule has 6 unspecified atom stereocenters. The van der Waals surface area contributed by atoms with Gasteiger partial charge < -0.3 is 73.6 Å². The summed E-state index contributed by atoms with van der Waals surface area (Å²) in [5, 5.41) is 42.2. The van der Waals surface area contributed by atoms with E-state index in [2.05, 4.69) is 42.5 Å². The summed E-state index contributed by atoms with van der Waals surface area (Å²) >= 11 is 0. The van der Waals surface area contributed by atoms with Crippen LogP contribution in [0, 0.1) is 17.8 Å². The first-order chi connectivity index (χ1) is 34.1. The quantitative estimate of drug-likeness (QED) is 0.0448. The summed E-state index contributed by atoms with van der Waals surface area (Å²) in [5.74, 6) is -2.86. The Balaban J connectivity index is 0.000000574. The number of carbonyl (C=O) groups is 6. The summed E-state index contributed by atoms with van der Waals surface area (Å²) in [6.07, 6.45) is -11.4. The van der Waals surface area contributed by atoms with Crippen LogP contribution >= 0.6 is 46.9 Å². The maximum Gasteiger partial charge on any atom is 1.00 e. The smallest absolute Gasteiger partial charge is 0.850 e. The second kappa shape index (κ2) is 31.1. The van der Waals surface area contributed by atoms with E-state index in [1.165, 1.54) is 0 Å². The van der Waals surface area contributed by atoms with Gasteiger partial charge in [-0.15, -0.1) is 0 Å². The van der Waals surface area contributed by atoms with Gasteiger partial charge in [0, 0.05) is 19.6 Å². The van der Waals surface area contributed by atoms with Crippen LogP contribution in [-0.4, -0.2) is 189 Å². The summed E-state index contributed by atoms with van der Waals surface area (Å²) in [7, 11) is -31.1. The van der Waals surface area contributed by atoms with Gasteiger partial charge in [-0.1, -0.05) is 39.1 Å². The van der Waals surface area contributed by atoms with E-state index >= 15 is 0 Å². The molecular formula is C30H51N6Na3O33P6. The second-order valence-electron chi connectivity index (χ2n) is 16.8. The topological polar surface area (TPSA) is 585 Å². The van der Waals surface area contributed by atoms with Crippen molar-refractivity contribution in [3.63, 3.8) is 0 Å². The number of ether oxygens (including phenoxy) is 3. The van der Waals surface area contributed by atoms with Gasteiger partial charge in [0.25, 0.3) is 0 Å². The van der Waals surface area contributed by atoms with Gasteiger partial charge in [0.15, 0.2) is 0 Å². The van der Waals surface area contributed by atoms with Gasteiger partial charge in [0.05, 0.1) is 55.9 Å². The van der Waals surface area contributed by atoms with Gasteiger partial charge in [-0.05, 0) is 19.3 Å². The maximum atomic E-state index is 12.0. The average molecular weight is 1280 g/mol. The van der Waals surface area contributed by atoms with Gasteiger partial charge >= 0.3 is 154 Å². The minimum absolute atomic E-state index is 0. The zero-order valence-electron chi connectivity index (χ0n) is 41.6. The number of nitrogens with one attached hydrogen (secondary N) is 3. The Bertz CT molecular complexity index is 2180. The Labute approximate surface area is 506 Å². The number of rotatable bonds is 18. The number of amides is 9. The van der Waals surface area contributed by atoms with Crippen molar-refractivity contribution in [1.29, 1.82) is 0 Å². The number of phosphoric acid groups is 6. The number of nitrogens with zero attached hydrogens (tertiary/aromatic N) is 3. The Morgan fingerprint density at radius 3 is 0.846 bits per heavy atom. The van der Waals surface area contributed by atoms with Crippen molar-refractivity contribution in [3.8, 4) is 0 Å². The van der Waals surface area contributed by atoms with Gasteiger partial charge in [0.1, 0.15) is 18.7 Å². The summed E-state index contributed by atoms with van der Waals surface area (Å²) in [6, 6.07) is -2.17. The van der Waals surface area contributed by atoms with Crippen LogP contribution in [0.3, 0.4) is 0 Å². The van der Waals surface area contributed by atoms with E-state index in [1.54, 1.807) is 20.8 Å². The molecule has 48 heteroatoms. The number of hydrogen-bond donors (Lipinski definition) is 12. The van der Waals surface area contributed by atoms with E-state index < -0.39 is 176 Å². The second-order valence-corrected chi connectivity index (χ2v) is 25.3. The molecule has 15 atom stereocenters. The van der Waals surface area contributed by atoms with Crippen molar-refractivity contribution in [2.24, 2.45) is 17.8 Å². The molecule has 6 aliphatic heterocycles. The molecule has 0 aromatic heterocycles. The van der Waals surface area contributed by atoms with Crippen LogP contribution < -0.4 is 120 Å². The van der Waals surface area contributed by atoms with Crippen LogP contribution in [0.1, 0.15) is 40.0 Å². The van der Waals surface area contributed by atoms with Gasteiger partial charge in [-0.3, -0.25) is 58.6 Å². The fourth-order valence-corrected chi connectivity index (χ4v) is 11.9. The predicted octanol–water partition coefficient (Wildman–Crippen LogP) is -14.3. The molecular weight excluding hydrogens is 1230 g/mol. The van der Waals surface area contributed by atoms with E-state index in [9.17, 15) is 71.5 Å². The Hall–Kier alpha value is 0.360. The van der Waals surface area contributed by atoms with E-state index in [1.807, 2.05) is 0 Å². The Morgan fingerprint density at radius 2 is 0.654 bits per heavy atom. The molecule has 39 nitrogen and oxygen atoms in total. The molecule has 0 spiro atoms. The van der Waals surface area contributed by atoms with Crippen LogP contribution in [0.4, 0.5) is 14.4 Å². The summed E-state index contributed by atoms with van der Waals surface area (Å²) in [5.41, 5.74) is 0. The summed E-state index contributed by atoms with van der Waals surface area (Å²) in [6.45, 7) is 2.54. The number of imide groups is 3. The summed E-state index contributed by atoms with van der Waals surface area (Å²) < 4.78 is 106. The van der Waals surface area contributed by atoms with E-state index in [0.29, 0.717) is 0 Å². The molecule has 0 aliphatic carbocycles. The SMILES string of the molecule is CC1CN([C@H]2C[C@H]([O-])[C@@H](COP(=O)(O)OP(=O)(O)O)O2)C(=O)NC1=O.CC1CN([C@H]2C[C@H]([O-])[C@@H](COP(=O)(O)OP(=O)(O)O)O2)C(=O)NC1=O.CC1CN([C@H]2C[C@H]([O-])[C@@H](COP(=O)(O)OP(=O)(O)O)O2)C(=O)NC1=O.[Na+].[Na+].[Na+]. The average Bonchev–Trinajstić information content (AvgIpc) is 3.92. The zero-order chi connectivity index (χ0) is 57.0. The zero-order valence-corrected chi connectivity index (χ0v) is 53.0. The number of hydrogen-bond acceptors (Lipinski definition) is 24. The number of carbonyl (C=O) groups excluding carboxylic acids is 6. The van der Waals surface area contributed by atoms with Crippen LogP contribution in [-0.2, 0) is 82.5 Å². The molecule has 0 saturated carbocycles. The van der Waals surface area contributed by atoms with Crippen molar-refractivity contribution in [2.75, 3.05) is 39.5 Å². The van der Waals surface area contributed by atoms with Gasteiger partial charge in [-0.2, -0.15) is 12.9 Å². The van der Waals surface area contributed by atoms with E-state index in [4.69, 9.17) is 58.3 Å². The first-order valence-corrected chi connectivity index (χ1v) is 30.2. The molecule has 6 saturated heterocycles. The Kier molecular flexibility index (Phi) is 30.5. The minimum Gasteiger partial charge on any atom is -0.850 e. The normalized spacial score (nSPS) is 32.0. The van der Waals surface area contributed by atoms with Crippen LogP contribution in [0.2, 0.25) is 0 Å². The Morgan fingerprint density at radius 1 is 0.449 bits per heavy atom. The summed E-state index contributed by atoms with van der Waals surface area (Å²) in [4.78, 5) is 152. The molecule has 6 rings (SSSR count). The first-order valence-electron chi connectivity index (χ1n) is 21.1. The van der Waals surface area contributed by atoms with Crippen molar-refractivity contribution in [1.82, 2.24) is 30.7 Å². The molecule has 6 fully saturated rings. The molecule has 6 aliphatic rings. The van der Waals surface area contributed by atoms with Crippen LogP contribution in [0.5, 0.6) is 0 Å². The third-order valence-electron chi connectivity index (χ3n) is 10.6. The number of urea groups is 3. The fourth-order valence-electron chi connectivity index (χ4n) is 7.13. The predicted molar refractivity (Wildman–Crippen MR) is 226 cm³/mol. The molecule has 0 radical (unpaired) electrons. The molecule has 6 heterocycles. The molecule has 12 N–H and O–H groups in total. The largest absolute Gasteiger partial charge is 1.00 e. The molecule has 78 heavy (non-hydrogen) atoms. The van der Waals surface area contributed by atoms with Crippen LogP contribution in [0.15, 0.2) is 0 Å². The maximum absolute atomic E-state index is 12.0. The third-order valence-corrected chi connectivity index (χ3v) is 17.1. The number of phosphoric ester groups is 3. The first kappa shape index (κ1) is 76.4. The molecule has 0 bridgehead atoms. The monoisotopic (exact) mass is 1280 g/mol. The van der Waals surface area contributed by atoms with Gasteiger partial charge in [0.2, 0.25) is 17.7 Å². The fraction of sp³-hybridized carbons (Fsp3) is 0.800. The van der Waals surface area contributed by atoms with E-state index in [0.717, 1.165) is 14.7 Å². The van der Waals surface area contributed by atoms with Crippen molar-refractivity contribution >= 4 is 82.8 Å². The van der Waals surface area contributed by atoms with Crippen LogP contribution in [0.25, 0.3) is 0 Å². The van der Waals surface area contributed by atoms with E-state index in [-0.39, 0.29) is 128 Å².